The number of sulfonamides is 1. The Kier molecular flexibility index (Phi) is 8.13. The van der Waals surface area contributed by atoms with E-state index in [0.29, 0.717) is 12.3 Å². The number of nitrogens with one attached hydrogen (secondary N) is 2. The second-order valence-electron chi connectivity index (χ2n) is 4.91. The molecular formula is C16H21IN4O3S. The molecule has 0 bridgehead atoms. The van der Waals surface area contributed by atoms with Gasteiger partial charge >= 0.3 is 0 Å². The minimum atomic E-state index is -3.43. The zero-order valence-electron chi connectivity index (χ0n) is 13.9. The molecule has 2 aromatic carbocycles. The standard InChI is InChI=1S/C16H20N4O3S.HI/c1-18-24(21,22)15-8-6-12(7-9-15)11-19-16(17)20-13-4-3-5-14(10-13)23-2;/h3-10,18H,11H2,1-2H3,(H3,17,19,20);1H. The molecule has 4 N–H and O–H groups in total. The van der Waals surface area contributed by atoms with Gasteiger partial charge in [0.2, 0.25) is 10.0 Å². The summed E-state index contributed by atoms with van der Waals surface area (Å²) in [5.41, 5.74) is 7.48. The highest BCUT2D eigenvalue weighted by atomic mass is 127. The van der Waals surface area contributed by atoms with Crippen molar-refractivity contribution in [2.24, 2.45) is 10.7 Å². The molecule has 0 aromatic heterocycles. The highest BCUT2D eigenvalue weighted by Crippen LogP contribution is 2.16. The Morgan fingerprint density at radius 3 is 2.48 bits per heavy atom. The molecule has 0 heterocycles. The minimum absolute atomic E-state index is 0. The van der Waals surface area contributed by atoms with Gasteiger partial charge in [0, 0.05) is 11.8 Å². The first-order valence-electron chi connectivity index (χ1n) is 7.18. The van der Waals surface area contributed by atoms with Crippen molar-refractivity contribution in [3.8, 4) is 5.75 Å². The smallest absolute Gasteiger partial charge is 0.240 e. The summed E-state index contributed by atoms with van der Waals surface area (Å²) in [5.74, 6) is 0.976. The summed E-state index contributed by atoms with van der Waals surface area (Å²) in [6, 6.07) is 13.8. The van der Waals surface area contributed by atoms with Crippen LogP contribution >= 0.6 is 24.0 Å². The van der Waals surface area contributed by atoms with Gasteiger partial charge in [-0.15, -0.1) is 24.0 Å². The first-order valence-corrected chi connectivity index (χ1v) is 8.66. The molecule has 0 unspecified atom stereocenters. The number of nitrogens with zero attached hydrogens (tertiary/aromatic N) is 1. The molecule has 25 heavy (non-hydrogen) atoms. The lowest BCUT2D eigenvalue weighted by molar-refractivity contribution is 0.415. The summed E-state index contributed by atoms with van der Waals surface area (Å²) in [5, 5.41) is 2.97. The van der Waals surface area contributed by atoms with Gasteiger partial charge in [-0.2, -0.15) is 0 Å². The summed E-state index contributed by atoms with van der Waals surface area (Å²) < 4.78 is 30.7. The zero-order chi connectivity index (χ0) is 17.6. The first-order chi connectivity index (χ1) is 11.4. The number of ether oxygens (including phenoxy) is 1. The highest BCUT2D eigenvalue weighted by Gasteiger charge is 2.10. The number of rotatable bonds is 6. The molecule has 0 saturated heterocycles. The minimum Gasteiger partial charge on any atom is -0.497 e. The fourth-order valence-corrected chi connectivity index (χ4v) is 2.69. The summed E-state index contributed by atoms with van der Waals surface area (Å²) >= 11 is 0. The van der Waals surface area contributed by atoms with Crippen LogP contribution in [0.25, 0.3) is 0 Å². The van der Waals surface area contributed by atoms with Crippen LogP contribution in [-0.4, -0.2) is 28.5 Å². The molecule has 0 aliphatic rings. The Bertz CT molecular complexity index is 824. The average molecular weight is 476 g/mol. The largest absolute Gasteiger partial charge is 0.497 e. The molecule has 7 nitrogen and oxygen atoms in total. The monoisotopic (exact) mass is 476 g/mol. The molecule has 0 fully saturated rings. The number of methoxy groups -OCH3 is 1. The number of halogens is 1. The number of nitrogens with two attached hydrogens (primary N) is 1. The molecular weight excluding hydrogens is 455 g/mol. The third kappa shape index (κ3) is 6.18. The lowest BCUT2D eigenvalue weighted by atomic mass is 10.2. The number of aliphatic imine (C=N–C) groups is 1. The van der Waals surface area contributed by atoms with Crippen LogP contribution in [0.1, 0.15) is 5.56 Å². The van der Waals surface area contributed by atoms with E-state index in [9.17, 15) is 8.42 Å². The second kappa shape index (κ2) is 9.59. The van der Waals surface area contributed by atoms with Crippen LogP contribution in [0.2, 0.25) is 0 Å². The Balaban J connectivity index is 0.00000312. The Labute approximate surface area is 164 Å². The van der Waals surface area contributed by atoms with E-state index in [1.54, 1.807) is 25.3 Å². The van der Waals surface area contributed by atoms with Gasteiger partial charge in [-0.1, -0.05) is 18.2 Å². The Hall–Kier alpha value is -1.85. The number of guanidine groups is 1. The van der Waals surface area contributed by atoms with Crippen LogP contribution in [0, 0.1) is 0 Å². The fraction of sp³-hybridized carbons (Fsp3) is 0.188. The fourth-order valence-electron chi connectivity index (χ4n) is 1.96. The first kappa shape index (κ1) is 21.2. The Morgan fingerprint density at radius 2 is 1.88 bits per heavy atom. The van der Waals surface area contributed by atoms with Gasteiger partial charge in [-0.3, -0.25) is 0 Å². The number of anilines is 1. The van der Waals surface area contributed by atoms with E-state index in [-0.39, 0.29) is 34.8 Å². The van der Waals surface area contributed by atoms with Gasteiger partial charge in [-0.05, 0) is 36.9 Å². The van der Waals surface area contributed by atoms with Gasteiger partial charge < -0.3 is 15.8 Å². The van der Waals surface area contributed by atoms with E-state index in [1.165, 1.54) is 19.2 Å². The maximum Gasteiger partial charge on any atom is 0.240 e. The maximum atomic E-state index is 11.7. The molecule has 0 amide bonds. The quantitative estimate of drug-likeness (QED) is 0.337. The SMILES string of the molecule is CNS(=O)(=O)c1ccc(CN=C(N)Nc2cccc(OC)c2)cc1.I. The number of benzene rings is 2. The molecule has 9 heteroatoms. The van der Waals surface area contributed by atoms with Crippen LogP contribution in [0.15, 0.2) is 58.4 Å². The van der Waals surface area contributed by atoms with Gasteiger partial charge in [0.15, 0.2) is 5.96 Å². The number of hydrogen-bond donors (Lipinski definition) is 3. The van der Waals surface area contributed by atoms with Gasteiger partial charge in [0.1, 0.15) is 5.75 Å². The van der Waals surface area contributed by atoms with Crippen molar-refractivity contribution < 1.29 is 13.2 Å². The number of hydrogen-bond acceptors (Lipinski definition) is 4. The van der Waals surface area contributed by atoms with E-state index >= 15 is 0 Å². The van der Waals surface area contributed by atoms with E-state index in [0.717, 1.165) is 11.3 Å². The molecule has 0 spiro atoms. The maximum absolute atomic E-state index is 11.7. The summed E-state index contributed by atoms with van der Waals surface area (Å²) in [6.07, 6.45) is 0. The van der Waals surface area contributed by atoms with Crippen molar-refractivity contribution in [1.82, 2.24) is 4.72 Å². The normalized spacial score (nSPS) is 11.5. The zero-order valence-corrected chi connectivity index (χ0v) is 17.0. The predicted molar refractivity (Wildman–Crippen MR) is 110 cm³/mol. The summed E-state index contributed by atoms with van der Waals surface area (Å²) in [4.78, 5) is 4.44. The van der Waals surface area contributed by atoms with Gasteiger partial charge in [0.25, 0.3) is 0 Å². The van der Waals surface area contributed by atoms with E-state index < -0.39 is 10.0 Å². The van der Waals surface area contributed by atoms with Crippen molar-refractivity contribution in [2.75, 3.05) is 19.5 Å². The lowest BCUT2D eigenvalue weighted by Crippen LogP contribution is -2.22. The molecule has 136 valence electrons. The molecule has 0 aliphatic carbocycles. The van der Waals surface area contributed by atoms with E-state index in [1.807, 2.05) is 18.2 Å². The van der Waals surface area contributed by atoms with E-state index in [4.69, 9.17) is 10.5 Å². The van der Waals surface area contributed by atoms with Crippen molar-refractivity contribution in [2.45, 2.75) is 11.4 Å². The molecule has 2 rings (SSSR count). The topological polar surface area (TPSA) is 106 Å². The third-order valence-corrected chi connectivity index (χ3v) is 4.71. The summed E-state index contributed by atoms with van der Waals surface area (Å²) in [6.45, 7) is 0.336. The van der Waals surface area contributed by atoms with E-state index in [2.05, 4.69) is 15.0 Å². The van der Waals surface area contributed by atoms with Crippen molar-refractivity contribution in [3.63, 3.8) is 0 Å². The average Bonchev–Trinajstić information content (AvgIpc) is 2.60. The van der Waals surface area contributed by atoms with Crippen molar-refractivity contribution in [1.29, 1.82) is 0 Å². The predicted octanol–water partition coefficient (Wildman–Crippen LogP) is 2.15. The third-order valence-electron chi connectivity index (χ3n) is 3.28. The van der Waals surface area contributed by atoms with Crippen LogP contribution in [0.4, 0.5) is 5.69 Å². The van der Waals surface area contributed by atoms with Crippen LogP contribution in [0.3, 0.4) is 0 Å². The van der Waals surface area contributed by atoms with Gasteiger partial charge in [0.05, 0.1) is 18.6 Å². The Morgan fingerprint density at radius 1 is 1.20 bits per heavy atom. The lowest BCUT2D eigenvalue weighted by Gasteiger charge is -2.07. The van der Waals surface area contributed by atoms with Crippen LogP contribution in [0.5, 0.6) is 5.75 Å². The second-order valence-corrected chi connectivity index (χ2v) is 6.80. The van der Waals surface area contributed by atoms with Gasteiger partial charge in [-0.25, -0.2) is 18.1 Å². The van der Waals surface area contributed by atoms with Crippen LogP contribution < -0.4 is 20.5 Å². The molecule has 0 saturated carbocycles. The molecule has 0 radical (unpaired) electrons. The molecule has 2 aromatic rings. The molecule has 0 aliphatic heterocycles. The summed E-state index contributed by atoms with van der Waals surface area (Å²) in [7, 11) is -0.463. The highest BCUT2D eigenvalue weighted by molar-refractivity contribution is 14.0. The molecule has 0 atom stereocenters. The van der Waals surface area contributed by atoms with Crippen molar-refractivity contribution >= 4 is 45.6 Å². The van der Waals surface area contributed by atoms with Crippen LogP contribution in [-0.2, 0) is 16.6 Å². The van der Waals surface area contributed by atoms with Crippen molar-refractivity contribution in [3.05, 3.63) is 54.1 Å².